The third-order valence-corrected chi connectivity index (χ3v) is 3.20. The van der Waals surface area contributed by atoms with Crippen molar-refractivity contribution in [2.24, 2.45) is 0 Å². The molecule has 0 unspecified atom stereocenters. The number of hydrogen-bond acceptors (Lipinski definition) is 4. The van der Waals surface area contributed by atoms with E-state index in [1.165, 1.54) is 0 Å². The summed E-state index contributed by atoms with van der Waals surface area (Å²) in [6, 6.07) is 4.10. The summed E-state index contributed by atoms with van der Waals surface area (Å²) < 4.78 is 10.6. The highest BCUT2D eigenvalue weighted by atomic mass is 16.5. The van der Waals surface area contributed by atoms with Gasteiger partial charge in [-0.2, -0.15) is 0 Å². The number of ether oxygens (including phenoxy) is 1. The Morgan fingerprint density at radius 3 is 2.61 bits per heavy atom. The second kappa shape index (κ2) is 8.06. The molecule has 0 amide bonds. The zero-order valence-electron chi connectivity index (χ0n) is 11.5. The van der Waals surface area contributed by atoms with Crippen LogP contribution in [0.4, 0.5) is 0 Å². The summed E-state index contributed by atoms with van der Waals surface area (Å²) >= 11 is 0. The zero-order valence-corrected chi connectivity index (χ0v) is 11.5. The fourth-order valence-corrected chi connectivity index (χ4v) is 2.15. The molecule has 1 heterocycles. The monoisotopic (exact) mass is 253 g/mol. The van der Waals surface area contributed by atoms with Gasteiger partial charge in [-0.3, -0.25) is 9.69 Å². The van der Waals surface area contributed by atoms with Gasteiger partial charge in [0.1, 0.15) is 5.76 Å². The lowest BCUT2D eigenvalue weighted by Crippen LogP contribution is -2.36. The first-order chi connectivity index (χ1) is 8.74. The van der Waals surface area contributed by atoms with Gasteiger partial charge in [0.05, 0.1) is 13.2 Å². The van der Waals surface area contributed by atoms with Crippen LogP contribution in [-0.4, -0.2) is 37.5 Å². The summed E-state index contributed by atoms with van der Waals surface area (Å²) in [6.45, 7) is 6.68. The number of rotatable bonds is 9. The summed E-state index contributed by atoms with van der Waals surface area (Å²) in [4.78, 5) is 12.9. The third kappa shape index (κ3) is 4.27. The van der Waals surface area contributed by atoms with Gasteiger partial charge in [-0.1, -0.05) is 13.8 Å². The van der Waals surface area contributed by atoms with Crippen LogP contribution < -0.4 is 0 Å². The van der Waals surface area contributed by atoms with Gasteiger partial charge >= 0.3 is 0 Å². The number of hydrogen-bond donors (Lipinski definition) is 0. The lowest BCUT2D eigenvalue weighted by molar-refractivity contribution is 0.102. The van der Waals surface area contributed by atoms with Crippen LogP contribution in [0.15, 0.2) is 16.5 Å². The predicted molar refractivity (Wildman–Crippen MR) is 70.8 cm³/mol. The van der Waals surface area contributed by atoms with Crippen molar-refractivity contribution in [2.45, 2.75) is 39.3 Å². The maximum atomic E-state index is 10.6. The minimum absolute atomic E-state index is 0.390. The molecule has 1 aromatic heterocycles. The molecule has 0 atom stereocenters. The van der Waals surface area contributed by atoms with Crippen molar-refractivity contribution in [3.05, 3.63) is 23.7 Å². The number of carbonyl (C=O) groups is 1. The van der Waals surface area contributed by atoms with Crippen molar-refractivity contribution in [1.82, 2.24) is 4.90 Å². The van der Waals surface area contributed by atoms with Crippen LogP contribution in [0.2, 0.25) is 0 Å². The minimum atomic E-state index is 0.390. The molecule has 0 spiro atoms. The highest BCUT2D eigenvalue weighted by molar-refractivity contribution is 5.70. The molecule has 1 aromatic rings. The highest BCUT2D eigenvalue weighted by Crippen LogP contribution is 2.15. The summed E-state index contributed by atoms with van der Waals surface area (Å²) in [5.74, 6) is 1.22. The second-order valence-corrected chi connectivity index (χ2v) is 4.36. The van der Waals surface area contributed by atoms with Crippen molar-refractivity contribution in [1.29, 1.82) is 0 Å². The number of furan rings is 1. The molecule has 0 saturated heterocycles. The van der Waals surface area contributed by atoms with E-state index in [9.17, 15) is 4.79 Å². The normalized spacial score (nSPS) is 11.4. The largest absolute Gasteiger partial charge is 0.457 e. The molecule has 0 aliphatic carbocycles. The van der Waals surface area contributed by atoms with E-state index in [2.05, 4.69) is 18.7 Å². The standard InChI is InChI=1S/C14H23NO3/c1-4-12(5-2)15(8-9-17-3)10-13-6-7-14(11-16)18-13/h6-7,11-12H,4-5,8-10H2,1-3H3. The average molecular weight is 253 g/mol. The maximum absolute atomic E-state index is 10.6. The van der Waals surface area contributed by atoms with Crippen LogP contribution in [0.1, 0.15) is 43.0 Å². The smallest absolute Gasteiger partial charge is 0.185 e. The SMILES string of the molecule is CCC(CC)N(CCOC)Cc1ccc(C=O)o1. The Bertz CT molecular complexity index is 345. The number of carbonyl (C=O) groups excluding carboxylic acids is 1. The Morgan fingerprint density at radius 1 is 1.39 bits per heavy atom. The third-order valence-electron chi connectivity index (χ3n) is 3.20. The highest BCUT2D eigenvalue weighted by Gasteiger charge is 2.16. The van der Waals surface area contributed by atoms with Gasteiger partial charge in [-0.05, 0) is 25.0 Å². The molecule has 0 fully saturated rings. The molecule has 0 saturated carbocycles. The molecule has 4 heteroatoms. The molecule has 1 rings (SSSR count). The van der Waals surface area contributed by atoms with Gasteiger partial charge in [-0.25, -0.2) is 0 Å². The summed E-state index contributed by atoms with van der Waals surface area (Å²) in [6.07, 6.45) is 2.93. The molecule has 0 bridgehead atoms. The Balaban J connectivity index is 2.66. The molecule has 102 valence electrons. The molecule has 4 nitrogen and oxygen atoms in total. The van der Waals surface area contributed by atoms with E-state index >= 15 is 0 Å². The van der Waals surface area contributed by atoms with Gasteiger partial charge < -0.3 is 9.15 Å². The van der Waals surface area contributed by atoms with Gasteiger partial charge in [0.25, 0.3) is 0 Å². The molecule has 0 N–H and O–H groups in total. The Labute approximate surface area is 109 Å². The fraction of sp³-hybridized carbons (Fsp3) is 0.643. The first-order valence-corrected chi connectivity index (χ1v) is 6.52. The quantitative estimate of drug-likeness (QED) is 0.635. The van der Waals surface area contributed by atoms with Crippen LogP contribution in [0.3, 0.4) is 0 Å². The van der Waals surface area contributed by atoms with Gasteiger partial charge in [0.15, 0.2) is 12.0 Å². The number of aldehydes is 1. The Hall–Kier alpha value is -1.13. The van der Waals surface area contributed by atoms with Crippen LogP contribution in [0.25, 0.3) is 0 Å². The van der Waals surface area contributed by atoms with E-state index in [4.69, 9.17) is 9.15 Å². The van der Waals surface area contributed by atoms with Gasteiger partial charge in [-0.15, -0.1) is 0 Å². The van der Waals surface area contributed by atoms with Gasteiger partial charge in [0.2, 0.25) is 0 Å². The van der Waals surface area contributed by atoms with E-state index < -0.39 is 0 Å². The lowest BCUT2D eigenvalue weighted by atomic mass is 10.1. The molecule has 0 aromatic carbocycles. The van der Waals surface area contributed by atoms with Crippen LogP contribution in [0.5, 0.6) is 0 Å². The molecular formula is C14H23NO3. The summed E-state index contributed by atoms with van der Waals surface area (Å²) in [7, 11) is 1.71. The van der Waals surface area contributed by atoms with Crippen molar-refractivity contribution < 1.29 is 13.9 Å². The molecule has 0 aliphatic heterocycles. The van der Waals surface area contributed by atoms with Crippen molar-refractivity contribution >= 4 is 6.29 Å². The van der Waals surface area contributed by atoms with E-state index in [1.54, 1.807) is 13.2 Å². The maximum Gasteiger partial charge on any atom is 0.185 e. The van der Waals surface area contributed by atoms with E-state index in [0.29, 0.717) is 18.4 Å². The number of nitrogens with zero attached hydrogens (tertiary/aromatic N) is 1. The molecule has 0 aliphatic rings. The molecule has 18 heavy (non-hydrogen) atoms. The first kappa shape index (κ1) is 14.9. The van der Waals surface area contributed by atoms with Crippen molar-refractivity contribution in [3.63, 3.8) is 0 Å². The average Bonchev–Trinajstić information content (AvgIpc) is 2.84. The second-order valence-electron chi connectivity index (χ2n) is 4.36. The summed E-state index contributed by atoms with van der Waals surface area (Å²) in [5.41, 5.74) is 0. The van der Waals surface area contributed by atoms with Crippen molar-refractivity contribution in [3.8, 4) is 0 Å². The van der Waals surface area contributed by atoms with Crippen molar-refractivity contribution in [2.75, 3.05) is 20.3 Å². The minimum Gasteiger partial charge on any atom is -0.457 e. The van der Waals surface area contributed by atoms with E-state index in [1.807, 2.05) is 6.07 Å². The Morgan fingerprint density at radius 2 is 2.11 bits per heavy atom. The van der Waals surface area contributed by atoms with Crippen LogP contribution in [-0.2, 0) is 11.3 Å². The first-order valence-electron chi connectivity index (χ1n) is 6.52. The van der Waals surface area contributed by atoms with E-state index in [0.717, 1.165) is 38.0 Å². The predicted octanol–water partition coefficient (Wildman–Crippen LogP) is 2.73. The topological polar surface area (TPSA) is 42.7 Å². The lowest BCUT2D eigenvalue weighted by Gasteiger charge is -2.29. The van der Waals surface area contributed by atoms with Crippen LogP contribution >= 0.6 is 0 Å². The van der Waals surface area contributed by atoms with Crippen LogP contribution in [0, 0.1) is 0 Å². The van der Waals surface area contributed by atoms with E-state index in [-0.39, 0.29) is 0 Å². The summed E-state index contributed by atoms with van der Waals surface area (Å²) in [5, 5.41) is 0. The number of methoxy groups -OCH3 is 1. The fourth-order valence-electron chi connectivity index (χ4n) is 2.15. The molecule has 0 radical (unpaired) electrons. The Kier molecular flexibility index (Phi) is 6.68. The zero-order chi connectivity index (χ0) is 13.4. The molecular weight excluding hydrogens is 230 g/mol. The van der Waals surface area contributed by atoms with Gasteiger partial charge in [0, 0.05) is 19.7 Å².